The molecule has 1 fully saturated rings. The number of ether oxygens (including phenoxy) is 3. The molecule has 3 rings (SSSR count). The maximum absolute atomic E-state index is 12.9. The minimum Gasteiger partial charge on any atom is -0.496 e. The molecule has 140 valence electrons. The highest BCUT2D eigenvalue weighted by molar-refractivity contribution is 6.06. The quantitative estimate of drug-likeness (QED) is 0.852. The van der Waals surface area contributed by atoms with Gasteiger partial charge in [-0.15, -0.1) is 0 Å². The molecule has 1 aliphatic rings. The predicted molar refractivity (Wildman–Crippen MR) is 98.4 cm³/mol. The third kappa shape index (κ3) is 3.61. The Bertz CT molecular complexity index is 766. The lowest BCUT2D eigenvalue weighted by Gasteiger charge is -2.24. The normalized spacial score (nSPS) is 14.7. The molecule has 0 saturated heterocycles. The van der Waals surface area contributed by atoms with E-state index in [9.17, 15) is 4.79 Å². The van der Waals surface area contributed by atoms with Crippen LogP contribution < -0.4 is 19.5 Å². The molecule has 1 heterocycles. The number of amides is 1. The highest BCUT2D eigenvalue weighted by atomic mass is 16.5. The van der Waals surface area contributed by atoms with E-state index in [0.717, 1.165) is 12.8 Å². The Morgan fingerprint density at radius 1 is 1.04 bits per heavy atom. The maximum Gasteiger partial charge on any atom is 0.260 e. The standard InChI is InChI=1S/C19H25N3O4/c1-24-15-12-17(26-3)16(25-2)11-14(15)19(23)21-18-9-10-20-22(18)13-7-5-4-6-8-13/h9-13H,4-8H2,1-3H3,(H,21,23). The summed E-state index contributed by atoms with van der Waals surface area (Å²) >= 11 is 0. The molecule has 1 N–H and O–H groups in total. The SMILES string of the molecule is COc1cc(OC)c(C(=O)Nc2ccnn2C2CCCCC2)cc1OC. The first-order valence-corrected chi connectivity index (χ1v) is 8.82. The summed E-state index contributed by atoms with van der Waals surface area (Å²) in [5, 5.41) is 7.37. The molecule has 7 heteroatoms. The van der Waals surface area contributed by atoms with Gasteiger partial charge in [0.1, 0.15) is 11.6 Å². The molecular formula is C19H25N3O4. The van der Waals surface area contributed by atoms with Gasteiger partial charge in [0.05, 0.1) is 39.1 Å². The van der Waals surface area contributed by atoms with E-state index in [-0.39, 0.29) is 5.91 Å². The van der Waals surface area contributed by atoms with Crippen molar-refractivity contribution in [1.82, 2.24) is 9.78 Å². The minimum atomic E-state index is -0.277. The Morgan fingerprint density at radius 2 is 1.69 bits per heavy atom. The van der Waals surface area contributed by atoms with Gasteiger partial charge in [0.15, 0.2) is 11.5 Å². The van der Waals surface area contributed by atoms with Gasteiger partial charge >= 0.3 is 0 Å². The largest absolute Gasteiger partial charge is 0.496 e. The number of benzene rings is 1. The highest BCUT2D eigenvalue weighted by Crippen LogP contribution is 2.35. The number of nitrogens with one attached hydrogen (secondary N) is 1. The number of nitrogens with zero attached hydrogens (tertiary/aromatic N) is 2. The number of hydrogen-bond donors (Lipinski definition) is 1. The molecule has 1 aromatic carbocycles. The van der Waals surface area contributed by atoms with Crippen LogP contribution in [0.3, 0.4) is 0 Å². The topological polar surface area (TPSA) is 74.6 Å². The second-order valence-corrected chi connectivity index (χ2v) is 6.31. The molecular weight excluding hydrogens is 334 g/mol. The van der Waals surface area contributed by atoms with E-state index < -0.39 is 0 Å². The fourth-order valence-electron chi connectivity index (χ4n) is 3.42. The van der Waals surface area contributed by atoms with Gasteiger partial charge in [-0.3, -0.25) is 4.79 Å². The van der Waals surface area contributed by atoms with Gasteiger partial charge < -0.3 is 19.5 Å². The van der Waals surface area contributed by atoms with Gasteiger partial charge in [-0.2, -0.15) is 5.10 Å². The molecule has 0 atom stereocenters. The monoisotopic (exact) mass is 359 g/mol. The third-order valence-electron chi connectivity index (χ3n) is 4.78. The van der Waals surface area contributed by atoms with Gasteiger partial charge in [0.25, 0.3) is 5.91 Å². The van der Waals surface area contributed by atoms with Crippen molar-refractivity contribution in [2.75, 3.05) is 26.6 Å². The van der Waals surface area contributed by atoms with Crippen molar-refractivity contribution in [1.29, 1.82) is 0 Å². The smallest absolute Gasteiger partial charge is 0.260 e. The van der Waals surface area contributed by atoms with Gasteiger partial charge in [-0.25, -0.2) is 4.68 Å². The van der Waals surface area contributed by atoms with E-state index in [2.05, 4.69) is 10.4 Å². The number of rotatable bonds is 6. The lowest BCUT2D eigenvalue weighted by atomic mass is 9.96. The van der Waals surface area contributed by atoms with Crippen molar-refractivity contribution in [3.63, 3.8) is 0 Å². The van der Waals surface area contributed by atoms with Crippen molar-refractivity contribution in [3.05, 3.63) is 30.0 Å². The van der Waals surface area contributed by atoms with Crippen LogP contribution in [0.25, 0.3) is 0 Å². The van der Waals surface area contributed by atoms with Crippen LogP contribution in [-0.2, 0) is 0 Å². The van der Waals surface area contributed by atoms with Crippen molar-refractivity contribution in [2.24, 2.45) is 0 Å². The summed E-state index contributed by atoms with van der Waals surface area (Å²) in [7, 11) is 4.59. The Hall–Kier alpha value is -2.70. The van der Waals surface area contributed by atoms with Crippen LogP contribution in [0.4, 0.5) is 5.82 Å². The van der Waals surface area contributed by atoms with Crippen molar-refractivity contribution in [3.8, 4) is 17.2 Å². The van der Waals surface area contributed by atoms with Gasteiger partial charge in [0.2, 0.25) is 0 Å². The molecule has 1 saturated carbocycles. The molecule has 1 aromatic heterocycles. The summed E-state index contributed by atoms with van der Waals surface area (Å²) in [6.07, 6.45) is 7.55. The van der Waals surface area contributed by atoms with Crippen LogP contribution in [0.1, 0.15) is 48.5 Å². The molecule has 0 spiro atoms. The Balaban J connectivity index is 1.86. The molecule has 1 aliphatic carbocycles. The van der Waals surface area contributed by atoms with E-state index >= 15 is 0 Å². The number of carbonyl (C=O) groups is 1. The molecule has 1 amide bonds. The molecule has 0 unspecified atom stereocenters. The molecule has 26 heavy (non-hydrogen) atoms. The van der Waals surface area contributed by atoms with Crippen molar-refractivity contribution < 1.29 is 19.0 Å². The molecule has 0 bridgehead atoms. The first kappa shape index (κ1) is 18.1. The summed E-state index contributed by atoms with van der Waals surface area (Å²) in [5.41, 5.74) is 0.376. The summed E-state index contributed by atoms with van der Waals surface area (Å²) < 4.78 is 17.8. The first-order valence-electron chi connectivity index (χ1n) is 8.82. The Kier molecular flexibility index (Phi) is 5.65. The fraction of sp³-hybridized carbons (Fsp3) is 0.474. The Labute approximate surface area is 153 Å². The zero-order chi connectivity index (χ0) is 18.5. The van der Waals surface area contributed by atoms with Gasteiger partial charge in [-0.1, -0.05) is 19.3 Å². The van der Waals surface area contributed by atoms with E-state index in [0.29, 0.717) is 34.7 Å². The average Bonchev–Trinajstić information content (AvgIpc) is 3.15. The summed E-state index contributed by atoms with van der Waals surface area (Å²) in [4.78, 5) is 12.9. The van der Waals surface area contributed by atoms with Crippen molar-refractivity contribution in [2.45, 2.75) is 38.1 Å². The van der Waals surface area contributed by atoms with Crippen LogP contribution in [0.5, 0.6) is 17.2 Å². The molecule has 0 aliphatic heterocycles. The van der Waals surface area contributed by atoms with Crippen LogP contribution in [-0.4, -0.2) is 37.0 Å². The maximum atomic E-state index is 12.9. The summed E-state index contributed by atoms with van der Waals surface area (Å²) in [6.45, 7) is 0. The number of anilines is 1. The first-order chi connectivity index (χ1) is 12.7. The van der Waals surface area contributed by atoms with E-state index in [4.69, 9.17) is 14.2 Å². The van der Waals surface area contributed by atoms with E-state index in [1.165, 1.54) is 33.5 Å². The fourth-order valence-corrected chi connectivity index (χ4v) is 3.42. The lowest BCUT2D eigenvalue weighted by molar-refractivity contribution is 0.102. The molecule has 2 aromatic rings. The van der Waals surface area contributed by atoms with Crippen LogP contribution >= 0.6 is 0 Å². The number of methoxy groups -OCH3 is 3. The van der Waals surface area contributed by atoms with Crippen LogP contribution in [0.2, 0.25) is 0 Å². The highest BCUT2D eigenvalue weighted by Gasteiger charge is 2.22. The molecule has 0 radical (unpaired) electrons. The second-order valence-electron chi connectivity index (χ2n) is 6.31. The predicted octanol–water partition coefficient (Wildman–Crippen LogP) is 3.67. The third-order valence-corrected chi connectivity index (χ3v) is 4.78. The van der Waals surface area contributed by atoms with E-state index in [1.54, 1.807) is 25.4 Å². The van der Waals surface area contributed by atoms with Crippen molar-refractivity contribution >= 4 is 11.7 Å². The van der Waals surface area contributed by atoms with Gasteiger partial charge in [-0.05, 0) is 12.8 Å². The summed E-state index contributed by atoms with van der Waals surface area (Å²) in [5.74, 6) is 1.82. The zero-order valence-corrected chi connectivity index (χ0v) is 15.4. The number of carbonyl (C=O) groups excluding carboxylic acids is 1. The van der Waals surface area contributed by atoms with Crippen LogP contribution in [0.15, 0.2) is 24.4 Å². The summed E-state index contributed by atoms with van der Waals surface area (Å²) in [6, 6.07) is 5.42. The second kappa shape index (κ2) is 8.12. The van der Waals surface area contributed by atoms with E-state index in [1.807, 2.05) is 10.7 Å². The lowest BCUT2D eigenvalue weighted by Crippen LogP contribution is -2.20. The molecule has 7 nitrogen and oxygen atoms in total. The Morgan fingerprint density at radius 3 is 2.35 bits per heavy atom. The van der Waals surface area contributed by atoms with Crippen LogP contribution in [0, 0.1) is 0 Å². The average molecular weight is 359 g/mol. The number of hydrogen-bond acceptors (Lipinski definition) is 5. The van der Waals surface area contributed by atoms with Gasteiger partial charge in [0, 0.05) is 18.2 Å². The zero-order valence-electron chi connectivity index (χ0n) is 15.4. The minimum absolute atomic E-state index is 0.277. The number of aromatic nitrogens is 2.